The van der Waals surface area contributed by atoms with Crippen LogP contribution in [0.2, 0.25) is 0 Å². The number of para-hydroxylation sites is 1. The molecule has 0 spiro atoms. The van der Waals surface area contributed by atoms with E-state index in [2.05, 4.69) is 29.4 Å². The molecule has 3 unspecified atom stereocenters. The normalized spacial score (nSPS) is 20.3. The van der Waals surface area contributed by atoms with Gasteiger partial charge in [0.05, 0.1) is 29.5 Å². The molecular weight excluding hydrogens is 462 g/mol. The van der Waals surface area contributed by atoms with Crippen molar-refractivity contribution in [2.45, 2.75) is 44.3 Å². The fourth-order valence-electron chi connectivity index (χ4n) is 4.90. The molecular formula is C26H29N5O3S. The topological polar surface area (TPSA) is 90.5 Å². The smallest absolute Gasteiger partial charge is 0.267 e. The maximum absolute atomic E-state index is 13.4. The average Bonchev–Trinajstić information content (AvgIpc) is 3.30. The summed E-state index contributed by atoms with van der Waals surface area (Å²) >= 11 is 1.33. The Labute approximate surface area is 207 Å². The molecule has 5 rings (SSSR count). The van der Waals surface area contributed by atoms with Crippen LogP contribution in [0.1, 0.15) is 33.1 Å². The van der Waals surface area contributed by atoms with Gasteiger partial charge in [0.2, 0.25) is 11.7 Å². The number of hydrogen-bond donors (Lipinski definition) is 1. The average molecular weight is 492 g/mol. The Morgan fingerprint density at radius 2 is 1.89 bits per heavy atom. The van der Waals surface area contributed by atoms with Crippen molar-refractivity contribution in [3.8, 4) is 11.4 Å². The first-order valence-corrected chi connectivity index (χ1v) is 12.9. The number of carbonyl (C=O) groups is 1. The van der Waals surface area contributed by atoms with Gasteiger partial charge in [-0.25, -0.2) is 4.57 Å². The van der Waals surface area contributed by atoms with E-state index in [0.29, 0.717) is 45.1 Å². The Balaban J connectivity index is 1.49. The Hall–Kier alpha value is -3.33. The third-order valence-corrected chi connectivity index (χ3v) is 8.04. The lowest BCUT2D eigenvalue weighted by Crippen LogP contribution is -2.44. The van der Waals surface area contributed by atoms with Crippen LogP contribution in [-0.4, -0.2) is 44.0 Å². The van der Waals surface area contributed by atoms with E-state index in [1.165, 1.54) is 18.2 Å². The van der Waals surface area contributed by atoms with Gasteiger partial charge in [0, 0.05) is 6.04 Å². The number of rotatable bonds is 6. The van der Waals surface area contributed by atoms with Gasteiger partial charge in [0.15, 0.2) is 5.16 Å². The minimum Gasteiger partial charge on any atom is -0.497 e. The fraction of sp³-hybridized carbons (Fsp3) is 0.385. The van der Waals surface area contributed by atoms with Gasteiger partial charge in [-0.2, -0.15) is 0 Å². The number of benzene rings is 2. The zero-order chi connectivity index (χ0) is 24.5. The van der Waals surface area contributed by atoms with Crippen LogP contribution in [0.25, 0.3) is 22.4 Å². The van der Waals surface area contributed by atoms with Gasteiger partial charge in [-0.05, 0) is 54.7 Å². The molecule has 35 heavy (non-hydrogen) atoms. The number of thioether (sulfide) groups is 1. The summed E-state index contributed by atoms with van der Waals surface area (Å²) in [4.78, 5) is 26.2. The highest BCUT2D eigenvalue weighted by Crippen LogP contribution is 2.30. The van der Waals surface area contributed by atoms with Crippen LogP contribution < -0.4 is 15.6 Å². The van der Waals surface area contributed by atoms with Crippen molar-refractivity contribution >= 4 is 34.3 Å². The molecule has 2 heterocycles. The van der Waals surface area contributed by atoms with Gasteiger partial charge < -0.3 is 10.1 Å². The van der Waals surface area contributed by atoms with Crippen molar-refractivity contribution in [3.63, 3.8) is 0 Å². The van der Waals surface area contributed by atoms with Crippen molar-refractivity contribution in [1.82, 2.24) is 24.5 Å². The van der Waals surface area contributed by atoms with E-state index in [0.717, 1.165) is 12.8 Å². The van der Waals surface area contributed by atoms with Gasteiger partial charge in [-0.1, -0.05) is 50.6 Å². The summed E-state index contributed by atoms with van der Waals surface area (Å²) in [6.07, 6.45) is 3.39. The van der Waals surface area contributed by atoms with E-state index < -0.39 is 0 Å². The van der Waals surface area contributed by atoms with Gasteiger partial charge in [0.1, 0.15) is 5.75 Å². The molecule has 182 valence electrons. The molecule has 2 aromatic carbocycles. The zero-order valence-corrected chi connectivity index (χ0v) is 20.9. The fourth-order valence-corrected chi connectivity index (χ4v) is 5.65. The minimum atomic E-state index is -0.180. The molecule has 0 saturated heterocycles. The number of nitrogens with zero attached hydrogens (tertiary/aromatic N) is 4. The Kier molecular flexibility index (Phi) is 6.51. The first kappa shape index (κ1) is 23.4. The van der Waals surface area contributed by atoms with E-state index >= 15 is 0 Å². The van der Waals surface area contributed by atoms with Crippen LogP contribution in [0.4, 0.5) is 0 Å². The summed E-state index contributed by atoms with van der Waals surface area (Å²) in [5, 5.41) is 13.1. The van der Waals surface area contributed by atoms with E-state index in [1.807, 2.05) is 34.7 Å². The highest BCUT2D eigenvalue weighted by Gasteiger charge is 2.28. The Bertz CT molecular complexity index is 1430. The lowest BCUT2D eigenvalue weighted by molar-refractivity contribution is -0.120. The predicted molar refractivity (Wildman–Crippen MR) is 137 cm³/mol. The number of aromatic nitrogens is 4. The molecule has 1 N–H and O–H groups in total. The van der Waals surface area contributed by atoms with Crippen molar-refractivity contribution in [2.24, 2.45) is 11.8 Å². The molecule has 4 aromatic rings. The lowest BCUT2D eigenvalue weighted by Gasteiger charge is -2.34. The monoisotopic (exact) mass is 491 g/mol. The van der Waals surface area contributed by atoms with Crippen LogP contribution in [-0.2, 0) is 4.79 Å². The molecule has 3 atom stereocenters. The third-order valence-electron chi connectivity index (χ3n) is 7.11. The van der Waals surface area contributed by atoms with Crippen molar-refractivity contribution in [3.05, 3.63) is 58.9 Å². The minimum absolute atomic E-state index is 0.00881. The summed E-state index contributed by atoms with van der Waals surface area (Å²) in [7, 11) is 1.60. The van der Waals surface area contributed by atoms with E-state index in [-0.39, 0.29) is 23.3 Å². The van der Waals surface area contributed by atoms with Gasteiger partial charge in [0.25, 0.3) is 5.56 Å². The highest BCUT2D eigenvalue weighted by molar-refractivity contribution is 7.99. The highest BCUT2D eigenvalue weighted by atomic mass is 32.2. The Morgan fingerprint density at radius 1 is 1.11 bits per heavy atom. The van der Waals surface area contributed by atoms with Crippen LogP contribution in [0.5, 0.6) is 5.75 Å². The van der Waals surface area contributed by atoms with Crippen LogP contribution in [0, 0.1) is 11.8 Å². The van der Waals surface area contributed by atoms with Crippen molar-refractivity contribution in [1.29, 1.82) is 0 Å². The van der Waals surface area contributed by atoms with Crippen LogP contribution in [0.15, 0.2) is 58.5 Å². The lowest BCUT2D eigenvalue weighted by atomic mass is 9.78. The van der Waals surface area contributed by atoms with Gasteiger partial charge >= 0.3 is 0 Å². The standard InChI is InChI=1S/C26H29N5O3S/c1-16-7-6-9-21(17(16)2)27-23(32)15-35-26-29-28-25-30(18-11-13-19(34-3)14-12-18)24(33)20-8-4-5-10-22(20)31(25)26/h4-5,8,10-14,16-17,21H,6-7,9,15H2,1-3H3,(H,27,32). The van der Waals surface area contributed by atoms with E-state index in [4.69, 9.17) is 4.74 Å². The second-order valence-corrected chi connectivity index (χ2v) is 10.1. The molecule has 9 heteroatoms. The van der Waals surface area contributed by atoms with Crippen LogP contribution >= 0.6 is 11.8 Å². The number of ether oxygens (including phenoxy) is 1. The first-order chi connectivity index (χ1) is 17.0. The van der Waals surface area contributed by atoms with Crippen molar-refractivity contribution < 1.29 is 9.53 Å². The van der Waals surface area contributed by atoms with Crippen LogP contribution in [0.3, 0.4) is 0 Å². The summed E-state index contributed by atoms with van der Waals surface area (Å²) in [6.45, 7) is 4.48. The number of nitrogens with one attached hydrogen (secondary N) is 1. The second kappa shape index (κ2) is 9.73. The molecule has 1 amide bonds. The largest absolute Gasteiger partial charge is 0.497 e. The summed E-state index contributed by atoms with van der Waals surface area (Å²) < 4.78 is 8.65. The predicted octanol–water partition coefficient (Wildman–Crippen LogP) is 4.08. The van der Waals surface area contributed by atoms with E-state index in [1.54, 1.807) is 29.9 Å². The maximum atomic E-state index is 13.4. The summed E-state index contributed by atoms with van der Waals surface area (Å²) in [5.41, 5.74) is 1.19. The molecule has 0 aliphatic heterocycles. The third kappa shape index (κ3) is 4.40. The number of hydrogen-bond acceptors (Lipinski definition) is 6. The molecule has 0 bridgehead atoms. The summed E-state index contributed by atoms with van der Waals surface area (Å²) in [5.74, 6) is 2.40. The van der Waals surface area contributed by atoms with E-state index in [9.17, 15) is 9.59 Å². The zero-order valence-electron chi connectivity index (χ0n) is 20.1. The second-order valence-electron chi connectivity index (χ2n) is 9.20. The number of carbonyl (C=O) groups excluding carboxylic acids is 1. The number of methoxy groups -OCH3 is 1. The SMILES string of the molecule is COc1ccc(-n2c(=O)c3ccccc3n3c(SCC(=O)NC4CCCC(C)C4C)nnc23)cc1. The quantitative estimate of drug-likeness (QED) is 0.409. The molecule has 2 aromatic heterocycles. The molecule has 8 nitrogen and oxygen atoms in total. The Morgan fingerprint density at radius 3 is 2.66 bits per heavy atom. The molecule has 1 fully saturated rings. The maximum Gasteiger partial charge on any atom is 0.267 e. The number of fused-ring (bicyclic) bond motifs is 3. The van der Waals surface area contributed by atoms with Crippen molar-refractivity contribution in [2.75, 3.05) is 12.9 Å². The molecule has 1 aliphatic carbocycles. The summed E-state index contributed by atoms with van der Waals surface area (Å²) in [6, 6.07) is 14.8. The molecule has 1 saturated carbocycles. The molecule has 0 radical (unpaired) electrons. The number of amides is 1. The van der Waals surface area contributed by atoms with Gasteiger partial charge in [-0.15, -0.1) is 10.2 Å². The molecule has 1 aliphatic rings. The first-order valence-electron chi connectivity index (χ1n) is 11.9. The van der Waals surface area contributed by atoms with Gasteiger partial charge in [-0.3, -0.25) is 14.0 Å².